The molecular weight excluding hydrogens is 252 g/mol. The van der Waals surface area contributed by atoms with E-state index in [1.165, 1.54) is 18.7 Å². The lowest BCUT2D eigenvalue weighted by molar-refractivity contribution is -0.140. The first-order chi connectivity index (χ1) is 8.40. The fourth-order valence-electron chi connectivity index (χ4n) is 1.34. The van der Waals surface area contributed by atoms with Crippen molar-refractivity contribution in [2.24, 2.45) is 0 Å². The van der Waals surface area contributed by atoms with Crippen LogP contribution in [0.5, 0.6) is 0 Å². The number of hydrogen-bond donors (Lipinski definition) is 3. The maximum Gasteiger partial charge on any atom is 0.327 e. The van der Waals surface area contributed by atoms with E-state index >= 15 is 0 Å². The number of carboxylic acids is 1. The molecule has 0 fully saturated rings. The first kappa shape index (κ1) is 14.4. The van der Waals surface area contributed by atoms with Gasteiger partial charge in [0.25, 0.3) is 0 Å². The molecule has 1 atom stereocenters. The molecule has 0 aliphatic carbocycles. The summed E-state index contributed by atoms with van der Waals surface area (Å²) in [7, 11) is 0. The van der Waals surface area contributed by atoms with E-state index in [9.17, 15) is 9.59 Å². The average Bonchev–Trinajstić information content (AvgIpc) is 2.28. The number of carbonyl (C=O) groups excluding carboxylic acids is 1. The number of carboxylic acid groups (broad SMARTS) is 1. The molecule has 0 aliphatic rings. The van der Waals surface area contributed by atoms with Crippen molar-refractivity contribution in [3.8, 4) is 0 Å². The summed E-state index contributed by atoms with van der Waals surface area (Å²) in [4.78, 5) is 22.7. The van der Waals surface area contributed by atoms with Crippen molar-refractivity contribution in [2.75, 3.05) is 11.5 Å². The summed E-state index contributed by atoms with van der Waals surface area (Å²) in [5.41, 5.74) is 7.35. The lowest BCUT2D eigenvalue weighted by Crippen LogP contribution is -2.41. The lowest BCUT2D eigenvalue weighted by atomic mass is 10.2. The van der Waals surface area contributed by atoms with E-state index in [1.807, 2.05) is 19.1 Å². The number of nitrogens with two attached hydrogens (primary N) is 1. The van der Waals surface area contributed by atoms with Gasteiger partial charge in [0.2, 0.25) is 5.91 Å². The number of rotatable bonds is 5. The minimum absolute atomic E-state index is 0.276. The van der Waals surface area contributed by atoms with Crippen LogP contribution in [-0.4, -0.2) is 28.8 Å². The zero-order chi connectivity index (χ0) is 13.7. The molecule has 0 radical (unpaired) electrons. The number of benzene rings is 1. The van der Waals surface area contributed by atoms with E-state index in [0.717, 1.165) is 10.5 Å². The van der Waals surface area contributed by atoms with Crippen molar-refractivity contribution in [3.63, 3.8) is 0 Å². The molecule has 1 unspecified atom stereocenters. The molecule has 4 N–H and O–H groups in total. The van der Waals surface area contributed by atoms with E-state index in [0.29, 0.717) is 5.69 Å². The lowest BCUT2D eigenvalue weighted by Gasteiger charge is -2.13. The molecule has 1 aromatic rings. The third-order valence-electron chi connectivity index (χ3n) is 2.33. The summed E-state index contributed by atoms with van der Waals surface area (Å²) in [6.45, 7) is 3.19. The standard InChI is InChI=1S/C12H16N2O3S/c1-7-5-9(3-4-10(7)13)18-6-11(12(16)17)14-8(2)15/h3-5,11H,6,13H2,1-2H3,(H,14,15)(H,16,17). The zero-order valence-corrected chi connectivity index (χ0v) is 11.1. The van der Waals surface area contributed by atoms with E-state index in [2.05, 4.69) is 5.32 Å². The van der Waals surface area contributed by atoms with E-state index < -0.39 is 12.0 Å². The SMILES string of the molecule is CC(=O)NC(CSc1ccc(N)c(C)c1)C(=O)O. The zero-order valence-electron chi connectivity index (χ0n) is 10.3. The summed E-state index contributed by atoms with van der Waals surface area (Å²) in [6.07, 6.45) is 0. The van der Waals surface area contributed by atoms with E-state index in [1.54, 1.807) is 6.07 Å². The number of carbonyl (C=O) groups is 2. The van der Waals surface area contributed by atoms with Crippen LogP contribution in [-0.2, 0) is 9.59 Å². The number of thioether (sulfide) groups is 1. The Morgan fingerprint density at radius 2 is 2.17 bits per heavy atom. The van der Waals surface area contributed by atoms with Gasteiger partial charge in [-0.25, -0.2) is 4.79 Å². The van der Waals surface area contributed by atoms with Gasteiger partial charge in [-0.2, -0.15) is 0 Å². The summed E-state index contributed by atoms with van der Waals surface area (Å²) in [5.74, 6) is -1.11. The molecule has 1 aromatic carbocycles. The van der Waals surface area contributed by atoms with Crippen LogP contribution in [0.4, 0.5) is 5.69 Å². The van der Waals surface area contributed by atoms with Gasteiger partial charge in [0, 0.05) is 23.3 Å². The van der Waals surface area contributed by atoms with Crippen molar-refractivity contribution in [2.45, 2.75) is 24.8 Å². The van der Waals surface area contributed by atoms with Crippen LogP contribution in [0.2, 0.25) is 0 Å². The van der Waals surface area contributed by atoms with Crippen LogP contribution in [0.1, 0.15) is 12.5 Å². The van der Waals surface area contributed by atoms with Crippen molar-refractivity contribution in [1.29, 1.82) is 0 Å². The normalized spacial score (nSPS) is 11.9. The van der Waals surface area contributed by atoms with Gasteiger partial charge >= 0.3 is 5.97 Å². The Morgan fingerprint density at radius 3 is 2.67 bits per heavy atom. The number of anilines is 1. The molecule has 0 spiro atoms. The van der Waals surface area contributed by atoms with Crippen molar-refractivity contribution in [3.05, 3.63) is 23.8 Å². The third-order valence-corrected chi connectivity index (χ3v) is 3.42. The topological polar surface area (TPSA) is 92.4 Å². The van der Waals surface area contributed by atoms with Crippen molar-refractivity contribution in [1.82, 2.24) is 5.32 Å². The van der Waals surface area contributed by atoms with E-state index in [-0.39, 0.29) is 11.7 Å². The monoisotopic (exact) mass is 268 g/mol. The van der Waals surface area contributed by atoms with Gasteiger partial charge in [0.15, 0.2) is 0 Å². The Hall–Kier alpha value is -1.69. The maximum atomic E-state index is 10.9. The minimum Gasteiger partial charge on any atom is -0.480 e. The van der Waals surface area contributed by atoms with Crippen molar-refractivity contribution >= 4 is 29.3 Å². The third kappa shape index (κ3) is 4.29. The first-order valence-corrected chi connectivity index (χ1v) is 6.37. The highest BCUT2D eigenvalue weighted by molar-refractivity contribution is 7.99. The molecule has 1 amide bonds. The molecular formula is C12H16N2O3S. The fraction of sp³-hybridized carbons (Fsp3) is 0.333. The number of hydrogen-bond acceptors (Lipinski definition) is 4. The molecule has 6 heteroatoms. The number of aliphatic carboxylic acids is 1. The molecule has 5 nitrogen and oxygen atoms in total. The Bertz CT molecular complexity index is 463. The molecule has 0 heterocycles. The van der Waals surface area contributed by atoms with Gasteiger partial charge in [-0.05, 0) is 30.7 Å². The van der Waals surface area contributed by atoms with Crippen LogP contribution in [0.15, 0.2) is 23.1 Å². The maximum absolute atomic E-state index is 10.9. The second-order valence-corrected chi connectivity index (χ2v) is 5.01. The molecule has 0 bridgehead atoms. The van der Waals surface area contributed by atoms with Gasteiger partial charge in [0.1, 0.15) is 6.04 Å². The molecule has 0 saturated heterocycles. The largest absolute Gasteiger partial charge is 0.480 e. The molecule has 0 aliphatic heterocycles. The number of aryl methyl sites for hydroxylation is 1. The van der Waals surface area contributed by atoms with E-state index in [4.69, 9.17) is 10.8 Å². The van der Waals surface area contributed by atoms with Gasteiger partial charge < -0.3 is 16.2 Å². The Labute approximate surface area is 110 Å². The van der Waals surface area contributed by atoms with Crippen LogP contribution in [0.25, 0.3) is 0 Å². The molecule has 18 heavy (non-hydrogen) atoms. The summed E-state index contributed by atoms with van der Waals surface area (Å²) < 4.78 is 0. The average molecular weight is 268 g/mol. The predicted molar refractivity (Wildman–Crippen MR) is 71.6 cm³/mol. The molecule has 1 rings (SSSR count). The molecule has 98 valence electrons. The highest BCUT2D eigenvalue weighted by atomic mass is 32.2. The van der Waals surface area contributed by atoms with Crippen LogP contribution < -0.4 is 11.1 Å². The van der Waals surface area contributed by atoms with Crippen molar-refractivity contribution < 1.29 is 14.7 Å². The summed E-state index contributed by atoms with van der Waals surface area (Å²) in [6, 6.07) is 4.63. The fourth-order valence-corrected chi connectivity index (χ4v) is 2.35. The minimum atomic E-state index is -1.04. The second-order valence-electron chi connectivity index (χ2n) is 3.92. The van der Waals surface area contributed by atoms with Gasteiger partial charge in [-0.3, -0.25) is 4.79 Å². The van der Waals surface area contributed by atoms with Gasteiger partial charge in [-0.1, -0.05) is 0 Å². The smallest absolute Gasteiger partial charge is 0.327 e. The quantitative estimate of drug-likeness (QED) is 0.552. The van der Waals surface area contributed by atoms with Crippen LogP contribution >= 0.6 is 11.8 Å². The number of amides is 1. The van der Waals surface area contributed by atoms with Gasteiger partial charge in [0.05, 0.1) is 0 Å². The van der Waals surface area contributed by atoms with Crippen LogP contribution in [0, 0.1) is 6.92 Å². The highest BCUT2D eigenvalue weighted by Crippen LogP contribution is 2.23. The number of nitrogens with one attached hydrogen (secondary N) is 1. The molecule has 0 saturated carbocycles. The van der Waals surface area contributed by atoms with Crippen LogP contribution in [0.3, 0.4) is 0 Å². The Morgan fingerprint density at radius 1 is 1.50 bits per heavy atom. The number of nitrogen functional groups attached to an aromatic ring is 1. The predicted octanol–water partition coefficient (Wildman–Crippen LogP) is 1.26. The molecule has 0 aromatic heterocycles. The first-order valence-electron chi connectivity index (χ1n) is 5.39. The Kier molecular flexibility index (Phi) is 5.03. The summed E-state index contributed by atoms with van der Waals surface area (Å²) in [5, 5.41) is 11.3. The van der Waals surface area contributed by atoms with Gasteiger partial charge in [-0.15, -0.1) is 11.8 Å². The second kappa shape index (κ2) is 6.30. The highest BCUT2D eigenvalue weighted by Gasteiger charge is 2.18. The Balaban J connectivity index is 2.64. The summed E-state index contributed by atoms with van der Waals surface area (Å²) >= 11 is 1.37.